The molecule has 1 atom stereocenters. The zero-order valence-corrected chi connectivity index (χ0v) is 11.6. The van der Waals surface area contributed by atoms with Gasteiger partial charge in [0.25, 0.3) is 0 Å². The average molecular weight is 248 g/mol. The highest BCUT2D eigenvalue weighted by atomic mass is 16.5. The van der Waals surface area contributed by atoms with E-state index < -0.39 is 0 Å². The topological polar surface area (TPSA) is 24.9 Å². The number of allylic oxidation sites excluding steroid dienone is 1. The second-order valence-corrected chi connectivity index (χ2v) is 4.52. The van der Waals surface area contributed by atoms with Crippen molar-refractivity contribution in [2.45, 2.75) is 13.0 Å². The lowest BCUT2D eigenvalue weighted by Gasteiger charge is -2.47. The molecule has 0 bridgehead atoms. The normalized spacial score (nSPS) is 19.0. The third-order valence-corrected chi connectivity index (χ3v) is 3.28. The number of hydrogen-bond donors (Lipinski definition) is 0. The van der Waals surface area contributed by atoms with Crippen LogP contribution < -0.4 is 4.74 Å². The molecule has 1 aromatic rings. The smallest absolute Gasteiger partial charge is 0.144 e. The van der Waals surface area contributed by atoms with Gasteiger partial charge in [-0.15, -0.1) is 0 Å². The van der Waals surface area contributed by atoms with Crippen LogP contribution in [0.15, 0.2) is 35.7 Å². The number of benzene rings is 1. The van der Waals surface area contributed by atoms with Crippen LogP contribution in [0.4, 0.5) is 0 Å². The maximum atomic E-state index is 5.48. The van der Waals surface area contributed by atoms with E-state index in [4.69, 9.17) is 9.47 Å². The van der Waals surface area contributed by atoms with Crippen LogP contribution >= 0.6 is 0 Å². The van der Waals surface area contributed by atoms with E-state index in [9.17, 15) is 0 Å². The summed E-state index contributed by atoms with van der Waals surface area (Å²) in [6.07, 6.45) is 0. The fourth-order valence-corrected chi connectivity index (χ4v) is 2.42. The van der Waals surface area contributed by atoms with Crippen LogP contribution in [0.2, 0.25) is 0 Å². The second kappa shape index (κ2) is 4.90. The Morgan fingerprint density at radius 3 is 2.11 bits per heavy atom. The SMILES string of the molecule is COC1=C(C)N(N(C)C)C1c1ccc(OC)cc1. The Morgan fingerprint density at radius 1 is 1.06 bits per heavy atom. The molecule has 0 aliphatic carbocycles. The lowest BCUT2D eigenvalue weighted by molar-refractivity contribution is -0.0365. The molecular formula is C14H20N2O2. The maximum absolute atomic E-state index is 5.48. The molecule has 18 heavy (non-hydrogen) atoms. The lowest BCUT2D eigenvalue weighted by Crippen LogP contribution is -2.47. The predicted molar refractivity (Wildman–Crippen MR) is 71.0 cm³/mol. The number of hydrogen-bond acceptors (Lipinski definition) is 4. The first-order valence-corrected chi connectivity index (χ1v) is 5.95. The molecule has 1 aliphatic rings. The Balaban J connectivity index is 2.31. The molecule has 1 aliphatic heterocycles. The van der Waals surface area contributed by atoms with Gasteiger partial charge in [-0.1, -0.05) is 12.1 Å². The van der Waals surface area contributed by atoms with Crippen molar-refractivity contribution in [2.24, 2.45) is 0 Å². The van der Waals surface area contributed by atoms with Crippen molar-refractivity contribution in [1.29, 1.82) is 0 Å². The molecule has 2 rings (SSSR count). The van der Waals surface area contributed by atoms with Gasteiger partial charge in [0.1, 0.15) is 17.6 Å². The minimum atomic E-state index is 0.163. The van der Waals surface area contributed by atoms with Crippen LogP contribution in [0.3, 0.4) is 0 Å². The Bertz CT molecular complexity index is 451. The van der Waals surface area contributed by atoms with Crippen LogP contribution in [0.5, 0.6) is 5.75 Å². The van der Waals surface area contributed by atoms with Gasteiger partial charge in [-0.3, -0.25) is 5.01 Å². The number of hydrazine groups is 1. The standard InChI is InChI=1S/C14H20N2O2/c1-10-14(18-5)13(16(10)15(2)3)11-6-8-12(17-4)9-7-11/h6-9,13H,1-5H3. The van der Waals surface area contributed by atoms with Crippen molar-refractivity contribution in [3.05, 3.63) is 41.3 Å². The third-order valence-electron chi connectivity index (χ3n) is 3.28. The summed E-state index contributed by atoms with van der Waals surface area (Å²) in [5, 5.41) is 4.29. The van der Waals surface area contributed by atoms with E-state index in [0.717, 1.165) is 17.2 Å². The minimum Gasteiger partial charge on any atom is -0.497 e. The predicted octanol–water partition coefficient (Wildman–Crippen LogP) is 2.41. The molecule has 0 saturated carbocycles. The summed E-state index contributed by atoms with van der Waals surface area (Å²) in [5.41, 5.74) is 2.36. The Hall–Kier alpha value is -1.68. The first-order valence-electron chi connectivity index (χ1n) is 5.95. The molecule has 4 nitrogen and oxygen atoms in total. The van der Waals surface area contributed by atoms with Crippen LogP contribution in [-0.4, -0.2) is 38.3 Å². The second-order valence-electron chi connectivity index (χ2n) is 4.52. The van der Waals surface area contributed by atoms with Gasteiger partial charge in [0.05, 0.1) is 19.9 Å². The van der Waals surface area contributed by atoms with E-state index in [2.05, 4.69) is 29.1 Å². The van der Waals surface area contributed by atoms with Gasteiger partial charge < -0.3 is 9.47 Å². The van der Waals surface area contributed by atoms with Crippen LogP contribution in [0, 0.1) is 0 Å². The Kier molecular flexibility index (Phi) is 3.48. The highest BCUT2D eigenvalue weighted by Gasteiger charge is 2.39. The summed E-state index contributed by atoms with van der Waals surface area (Å²) in [4.78, 5) is 0. The van der Waals surface area contributed by atoms with Crippen LogP contribution in [-0.2, 0) is 4.74 Å². The average Bonchev–Trinajstić information content (AvgIpc) is 2.36. The van der Waals surface area contributed by atoms with Gasteiger partial charge in [-0.05, 0) is 24.6 Å². The van der Waals surface area contributed by atoms with Crippen molar-refractivity contribution in [2.75, 3.05) is 28.3 Å². The maximum Gasteiger partial charge on any atom is 0.144 e. The van der Waals surface area contributed by atoms with Crippen molar-refractivity contribution in [1.82, 2.24) is 10.0 Å². The van der Waals surface area contributed by atoms with E-state index >= 15 is 0 Å². The summed E-state index contributed by atoms with van der Waals surface area (Å²) in [7, 11) is 7.47. The molecule has 0 saturated heterocycles. The molecule has 0 N–H and O–H groups in total. The van der Waals surface area contributed by atoms with Crippen LogP contribution in [0.1, 0.15) is 18.5 Å². The molecule has 0 radical (unpaired) electrons. The summed E-state index contributed by atoms with van der Waals surface area (Å²) in [6.45, 7) is 2.07. The largest absolute Gasteiger partial charge is 0.497 e. The van der Waals surface area contributed by atoms with Gasteiger partial charge in [-0.25, -0.2) is 5.01 Å². The number of rotatable bonds is 4. The highest BCUT2D eigenvalue weighted by molar-refractivity contribution is 5.38. The summed E-state index contributed by atoms with van der Waals surface area (Å²) in [5.74, 6) is 1.89. The van der Waals surface area contributed by atoms with Gasteiger partial charge >= 0.3 is 0 Å². The van der Waals surface area contributed by atoms with Gasteiger partial charge in [-0.2, -0.15) is 0 Å². The molecular weight excluding hydrogens is 228 g/mol. The lowest BCUT2D eigenvalue weighted by atomic mass is 9.96. The van der Waals surface area contributed by atoms with Gasteiger partial charge in [0.15, 0.2) is 0 Å². The van der Waals surface area contributed by atoms with Crippen molar-refractivity contribution in [3.63, 3.8) is 0 Å². The molecule has 0 fully saturated rings. The van der Waals surface area contributed by atoms with Crippen molar-refractivity contribution < 1.29 is 9.47 Å². The zero-order chi connectivity index (χ0) is 13.3. The molecule has 1 aromatic carbocycles. The third kappa shape index (κ3) is 1.93. The van der Waals surface area contributed by atoms with Crippen molar-refractivity contribution >= 4 is 0 Å². The highest BCUT2D eigenvalue weighted by Crippen LogP contribution is 2.43. The van der Waals surface area contributed by atoms with Crippen molar-refractivity contribution in [3.8, 4) is 5.75 Å². The Morgan fingerprint density at radius 2 is 1.67 bits per heavy atom. The van der Waals surface area contributed by atoms with E-state index in [0.29, 0.717) is 0 Å². The molecule has 0 aromatic heterocycles. The first-order chi connectivity index (χ1) is 8.60. The monoisotopic (exact) mass is 248 g/mol. The Labute approximate surface area is 108 Å². The van der Waals surface area contributed by atoms with E-state index in [1.165, 1.54) is 5.56 Å². The zero-order valence-electron chi connectivity index (χ0n) is 11.6. The van der Waals surface area contributed by atoms with E-state index in [1.54, 1.807) is 14.2 Å². The van der Waals surface area contributed by atoms with Crippen LogP contribution in [0.25, 0.3) is 0 Å². The van der Waals surface area contributed by atoms with Gasteiger partial charge in [0.2, 0.25) is 0 Å². The summed E-state index contributed by atoms with van der Waals surface area (Å²) in [6, 6.07) is 8.27. The molecule has 1 heterocycles. The molecule has 0 spiro atoms. The summed E-state index contributed by atoms with van der Waals surface area (Å²) >= 11 is 0. The summed E-state index contributed by atoms with van der Waals surface area (Å²) < 4.78 is 10.7. The fraction of sp³-hybridized carbons (Fsp3) is 0.429. The number of methoxy groups -OCH3 is 2. The number of ether oxygens (including phenoxy) is 2. The van der Waals surface area contributed by atoms with E-state index in [-0.39, 0.29) is 6.04 Å². The molecule has 0 amide bonds. The fourth-order valence-electron chi connectivity index (χ4n) is 2.42. The number of nitrogens with zero attached hydrogens (tertiary/aromatic N) is 2. The van der Waals surface area contributed by atoms with Gasteiger partial charge in [0, 0.05) is 14.1 Å². The first kappa shape index (κ1) is 12.8. The quantitative estimate of drug-likeness (QED) is 0.817. The van der Waals surface area contributed by atoms with E-state index in [1.807, 2.05) is 26.2 Å². The molecule has 4 heteroatoms. The molecule has 98 valence electrons. The minimum absolute atomic E-state index is 0.163. The molecule has 1 unspecified atom stereocenters.